The van der Waals surface area contributed by atoms with Crippen molar-refractivity contribution in [3.63, 3.8) is 0 Å². The van der Waals surface area contributed by atoms with Crippen LogP contribution in [0.3, 0.4) is 0 Å². The van der Waals surface area contributed by atoms with E-state index in [1.54, 1.807) is 30.5 Å². The molecule has 1 heterocycles. The van der Waals surface area contributed by atoms with Gasteiger partial charge in [0.2, 0.25) is 5.89 Å². The molecule has 0 aliphatic rings. The number of nitrogens with zero attached hydrogens (tertiary/aromatic N) is 1. The highest BCUT2D eigenvalue weighted by Crippen LogP contribution is 2.29. The molecule has 1 aromatic heterocycles. The van der Waals surface area contributed by atoms with Crippen molar-refractivity contribution in [2.24, 2.45) is 5.73 Å². The van der Waals surface area contributed by atoms with E-state index in [0.717, 1.165) is 16.7 Å². The van der Waals surface area contributed by atoms with Gasteiger partial charge in [-0.3, -0.25) is 4.79 Å². The van der Waals surface area contributed by atoms with Gasteiger partial charge in [-0.1, -0.05) is 54.1 Å². The number of carbonyl (C=O) groups excluding carboxylic acids is 2. The maximum absolute atomic E-state index is 13.1. The Balaban J connectivity index is 1.53. The Kier molecular flexibility index (Phi) is 6.22. The third-order valence-electron chi connectivity index (χ3n) is 5.27. The van der Waals surface area contributed by atoms with Crippen LogP contribution >= 0.6 is 0 Å². The van der Waals surface area contributed by atoms with Crippen LogP contribution in [0.1, 0.15) is 34.5 Å². The minimum atomic E-state index is -0.627. The van der Waals surface area contributed by atoms with Gasteiger partial charge in [-0.05, 0) is 43.7 Å². The lowest BCUT2D eigenvalue weighted by atomic mass is 10.0. The number of oxazole rings is 1. The zero-order valence-corrected chi connectivity index (χ0v) is 18.3. The van der Waals surface area contributed by atoms with Crippen LogP contribution in [0.25, 0.3) is 22.8 Å². The van der Waals surface area contributed by atoms with Gasteiger partial charge in [0.25, 0.3) is 5.91 Å². The van der Waals surface area contributed by atoms with Crippen LogP contribution in [0.4, 0.5) is 10.5 Å². The first kappa shape index (κ1) is 21.8. The Morgan fingerprint density at radius 3 is 2.36 bits per heavy atom. The van der Waals surface area contributed by atoms with Crippen LogP contribution in [0.15, 0.2) is 83.4 Å². The lowest BCUT2D eigenvalue weighted by Crippen LogP contribution is -2.27. The van der Waals surface area contributed by atoms with Crippen molar-refractivity contribution in [2.45, 2.75) is 19.9 Å². The van der Waals surface area contributed by atoms with E-state index >= 15 is 0 Å². The fourth-order valence-electron chi connectivity index (χ4n) is 3.47. The summed E-state index contributed by atoms with van der Waals surface area (Å²) in [6.45, 7) is 3.91. The Morgan fingerprint density at radius 2 is 1.67 bits per heavy atom. The third-order valence-corrected chi connectivity index (χ3v) is 5.27. The van der Waals surface area contributed by atoms with E-state index in [4.69, 9.17) is 10.2 Å². The van der Waals surface area contributed by atoms with Gasteiger partial charge in [-0.2, -0.15) is 0 Å². The average Bonchev–Trinajstić information content (AvgIpc) is 3.30. The van der Waals surface area contributed by atoms with Crippen LogP contribution in [-0.4, -0.2) is 16.9 Å². The maximum Gasteiger partial charge on any atom is 0.316 e. The molecule has 0 aliphatic carbocycles. The van der Waals surface area contributed by atoms with E-state index in [9.17, 15) is 9.59 Å². The van der Waals surface area contributed by atoms with Crippen LogP contribution < -0.4 is 16.4 Å². The molecule has 4 rings (SSSR count). The zero-order valence-electron chi connectivity index (χ0n) is 18.3. The molecule has 0 aliphatic heterocycles. The molecule has 4 N–H and O–H groups in total. The number of amides is 3. The summed E-state index contributed by atoms with van der Waals surface area (Å²) >= 11 is 0. The molecule has 1 atom stereocenters. The number of hydrogen-bond acceptors (Lipinski definition) is 4. The number of nitrogens with two attached hydrogens (primary N) is 1. The van der Waals surface area contributed by atoms with Crippen molar-refractivity contribution >= 4 is 17.6 Å². The minimum Gasteiger partial charge on any atom is -0.436 e. The maximum atomic E-state index is 13.1. The van der Waals surface area contributed by atoms with E-state index in [-0.39, 0.29) is 11.9 Å². The molecule has 7 heteroatoms. The first-order valence-corrected chi connectivity index (χ1v) is 10.5. The van der Waals surface area contributed by atoms with Gasteiger partial charge in [-0.25, -0.2) is 9.78 Å². The summed E-state index contributed by atoms with van der Waals surface area (Å²) in [5, 5.41) is 5.52. The topological polar surface area (TPSA) is 110 Å². The molecule has 7 nitrogen and oxygen atoms in total. The molecule has 166 valence electrons. The minimum absolute atomic E-state index is 0.243. The van der Waals surface area contributed by atoms with Crippen molar-refractivity contribution in [3.05, 3.63) is 95.7 Å². The zero-order chi connectivity index (χ0) is 23.4. The van der Waals surface area contributed by atoms with Crippen molar-refractivity contribution in [1.82, 2.24) is 10.3 Å². The van der Waals surface area contributed by atoms with Crippen molar-refractivity contribution in [1.29, 1.82) is 0 Å². The lowest BCUT2D eigenvalue weighted by molar-refractivity contribution is 0.0940. The van der Waals surface area contributed by atoms with Gasteiger partial charge in [0.15, 0.2) is 5.76 Å². The fraction of sp³-hybridized carbons (Fsp3) is 0.115. The number of rotatable bonds is 6. The number of carbonyl (C=O) groups is 2. The highest BCUT2D eigenvalue weighted by molar-refractivity contribution is 6.00. The molecular weight excluding hydrogens is 416 g/mol. The Hall–Kier alpha value is -4.39. The quantitative estimate of drug-likeness (QED) is 0.378. The predicted octanol–water partition coefficient (Wildman–Crippen LogP) is 5.30. The fourth-order valence-corrected chi connectivity index (χ4v) is 3.47. The number of nitrogens with one attached hydrogen (secondary N) is 2. The number of hydrogen-bond donors (Lipinski definition) is 3. The molecule has 0 saturated heterocycles. The van der Waals surface area contributed by atoms with E-state index in [1.165, 1.54) is 0 Å². The van der Waals surface area contributed by atoms with Crippen LogP contribution in [0.2, 0.25) is 0 Å². The second-order valence-corrected chi connectivity index (χ2v) is 7.75. The van der Waals surface area contributed by atoms with Crippen molar-refractivity contribution in [2.75, 3.05) is 5.32 Å². The molecule has 4 aromatic rings. The molecule has 3 amide bonds. The Labute approximate surface area is 191 Å². The second kappa shape index (κ2) is 9.40. The first-order chi connectivity index (χ1) is 15.9. The van der Waals surface area contributed by atoms with E-state index < -0.39 is 6.03 Å². The van der Waals surface area contributed by atoms with Gasteiger partial charge >= 0.3 is 6.03 Å². The first-order valence-electron chi connectivity index (χ1n) is 10.5. The molecule has 0 spiro atoms. The SMILES string of the molecule is Cc1ccc(-c2cnc(-c3ccccc3C(=O)NC(C)c3ccc(NC(N)=O)cc3)o2)cc1. The lowest BCUT2D eigenvalue weighted by Gasteiger charge is -2.16. The van der Waals surface area contributed by atoms with Crippen molar-refractivity contribution in [3.8, 4) is 22.8 Å². The molecule has 0 saturated carbocycles. The summed E-state index contributed by atoms with van der Waals surface area (Å²) in [7, 11) is 0. The van der Waals surface area contributed by atoms with Crippen LogP contribution in [-0.2, 0) is 0 Å². The average molecular weight is 441 g/mol. The van der Waals surface area contributed by atoms with Gasteiger partial charge in [-0.15, -0.1) is 0 Å². The van der Waals surface area contributed by atoms with E-state index in [2.05, 4.69) is 15.6 Å². The summed E-state index contributed by atoms with van der Waals surface area (Å²) in [4.78, 5) is 28.5. The highest BCUT2D eigenvalue weighted by Gasteiger charge is 2.19. The van der Waals surface area contributed by atoms with Gasteiger partial charge in [0.1, 0.15) is 0 Å². The summed E-state index contributed by atoms with van der Waals surface area (Å²) in [6, 6.07) is 21.4. The molecule has 0 bridgehead atoms. The monoisotopic (exact) mass is 440 g/mol. The molecule has 3 aromatic carbocycles. The third kappa shape index (κ3) is 5.10. The van der Waals surface area contributed by atoms with Crippen LogP contribution in [0.5, 0.6) is 0 Å². The number of benzene rings is 3. The normalized spacial score (nSPS) is 11.6. The largest absolute Gasteiger partial charge is 0.436 e. The van der Waals surface area contributed by atoms with E-state index in [1.807, 2.05) is 62.4 Å². The molecule has 0 fully saturated rings. The molecule has 1 unspecified atom stereocenters. The van der Waals surface area contributed by atoms with E-state index in [0.29, 0.717) is 28.5 Å². The molecule has 33 heavy (non-hydrogen) atoms. The van der Waals surface area contributed by atoms with Gasteiger partial charge < -0.3 is 20.8 Å². The van der Waals surface area contributed by atoms with Gasteiger partial charge in [0.05, 0.1) is 17.8 Å². The number of aryl methyl sites for hydroxylation is 1. The Bertz CT molecular complexity index is 1280. The summed E-state index contributed by atoms with van der Waals surface area (Å²) in [5.74, 6) is 0.775. The van der Waals surface area contributed by atoms with Gasteiger partial charge in [0, 0.05) is 16.8 Å². The Morgan fingerprint density at radius 1 is 0.970 bits per heavy atom. The number of aromatic nitrogens is 1. The number of anilines is 1. The smallest absolute Gasteiger partial charge is 0.316 e. The summed E-state index contributed by atoms with van der Waals surface area (Å²) in [6.07, 6.45) is 1.67. The van der Waals surface area contributed by atoms with Crippen molar-refractivity contribution < 1.29 is 14.0 Å². The second-order valence-electron chi connectivity index (χ2n) is 7.75. The number of primary amides is 1. The molecular formula is C26H24N4O3. The molecule has 0 radical (unpaired) electrons. The summed E-state index contributed by atoms with van der Waals surface area (Å²) < 4.78 is 5.99. The van der Waals surface area contributed by atoms with Crippen LogP contribution in [0, 0.1) is 6.92 Å². The highest BCUT2D eigenvalue weighted by atomic mass is 16.4. The standard InChI is InChI=1S/C26H24N4O3/c1-16-7-9-19(10-8-16)23-15-28-25(33-23)22-6-4-3-5-21(22)24(31)29-17(2)18-11-13-20(14-12-18)30-26(27)32/h3-15,17H,1-2H3,(H,29,31)(H3,27,30,32). The predicted molar refractivity (Wildman–Crippen MR) is 128 cm³/mol. The summed E-state index contributed by atoms with van der Waals surface area (Å²) in [5.41, 5.74) is 9.76. The number of urea groups is 1.